The summed E-state index contributed by atoms with van der Waals surface area (Å²) in [4.78, 5) is 17.0. The number of aromatic nitrogens is 3. The Balaban J connectivity index is 1.29. The number of nitrogens with one attached hydrogen (secondary N) is 1. The molecule has 15 heteroatoms. The molecule has 3 heterocycles. The first kappa shape index (κ1) is 46.6. The van der Waals surface area contributed by atoms with E-state index < -0.39 is 50.3 Å². The van der Waals surface area contributed by atoms with Gasteiger partial charge in [-0.3, -0.25) is 9.32 Å². The van der Waals surface area contributed by atoms with Crippen molar-refractivity contribution in [2.45, 2.75) is 147 Å². The van der Waals surface area contributed by atoms with Crippen LogP contribution in [0.3, 0.4) is 0 Å². The average molecular weight is 823 g/mol. The predicted molar refractivity (Wildman–Crippen MR) is 224 cm³/mol. The largest absolute Gasteiger partial charge is 0.465 e. The highest BCUT2D eigenvalue weighted by Gasteiger charge is 2.58. The third-order valence-corrected chi connectivity index (χ3v) is 11.8. The van der Waals surface area contributed by atoms with Crippen LogP contribution in [-0.4, -0.2) is 68.3 Å². The highest BCUT2D eigenvalue weighted by atomic mass is 31.2. The van der Waals surface area contributed by atoms with E-state index in [2.05, 4.69) is 67.2 Å². The standard InChI is InChI=1S/C43H63N6O8P/c1-6-7-8-9-10-11-12-13-14-15-16-17-18-19-20-21-28-54-41(52)32(2)48-58(53,57-34-24-22-33(23-25-34)42(3,4)5)55-29-36-38(50)39(51)43(30-44,56-36)37-27-26-35-40(45)46-31-47-49(35)37/h10-11,13-14,22-27,31-32,36,38-39,50-51H,6-9,12,15-21,28-29H2,1-5H3,(H,48,53)(H2,45,46,47)/b11-10-,14-13-/t32-,36+,38+,39+,43-,58?/m0/s1. The minimum Gasteiger partial charge on any atom is -0.465 e. The minimum absolute atomic E-state index is 0.0980. The molecule has 0 spiro atoms. The van der Waals surface area contributed by atoms with E-state index in [0.29, 0.717) is 11.9 Å². The summed E-state index contributed by atoms with van der Waals surface area (Å²) in [7, 11) is -4.40. The second-order valence-corrected chi connectivity index (χ2v) is 17.6. The molecule has 0 amide bonds. The van der Waals surface area contributed by atoms with Crippen LogP contribution in [0.4, 0.5) is 5.82 Å². The Kier molecular flexibility index (Phi) is 17.9. The lowest BCUT2D eigenvalue weighted by Crippen LogP contribution is -2.41. The van der Waals surface area contributed by atoms with Crippen molar-refractivity contribution in [2.75, 3.05) is 18.9 Å². The minimum atomic E-state index is -4.40. The van der Waals surface area contributed by atoms with Gasteiger partial charge in [0.15, 0.2) is 5.82 Å². The highest BCUT2D eigenvalue weighted by Crippen LogP contribution is 2.47. The summed E-state index contributed by atoms with van der Waals surface area (Å²) in [5, 5.41) is 39.4. The van der Waals surface area contributed by atoms with E-state index in [9.17, 15) is 24.8 Å². The van der Waals surface area contributed by atoms with Crippen LogP contribution in [-0.2, 0) is 34.4 Å². The molecule has 0 saturated carbocycles. The van der Waals surface area contributed by atoms with Crippen LogP contribution in [0.15, 0.2) is 67.0 Å². The van der Waals surface area contributed by atoms with E-state index in [1.54, 1.807) is 18.2 Å². The summed E-state index contributed by atoms with van der Waals surface area (Å²) in [5.41, 5.74) is 5.19. The number of esters is 1. The Labute approximate surface area is 343 Å². The quantitative estimate of drug-likeness (QED) is 0.0293. The van der Waals surface area contributed by atoms with Crippen LogP contribution in [0.5, 0.6) is 5.75 Å². The molecule has 2 aromatic heterocycles. The van der Waals surface area contributed by atoms with Crippen molar-refractivity contribution in [3.8, 4) is 11.8 Å². The summed E-state index contributed by atoms with van der Waals surface area (Å²) in [6.07, 6.45) is 18.6. The van der Waals surface area contributed by atoms with Crippen molar-refractivity contribution in [3.05, 3.63) is 78.3 Å². The number of rotatable bonds is 24. The maximum Gasteiger partial charge on any atom is 0.459 e. The van der Waals surface area contributed by atoms with Crippen molar-refractivity contribution >= 4 is 25.1 Å². The Hall–Kier alpha value is -4.09. The molecule has 58 heavy (non-hydrogen) atoms. The smallest absolute Gasteiger partial charge is 0.459 e. The summed E-state index contributed by atoms with van der Waals surface area (Å²) in [6, 6.07) is 10.9. The molecule has 5 N–H and O–H groups in total. The van der Waals surface area contributed by atoms with Crippen LogP contribution < -0.4 is 15.3 Å². The number of unbranched alkanes of at least 4 members (excludes halogenated alkanes) is 9. The fourth-order valence-corrected chi connectivity index (χ4v) is 8.15. The summed E-state index contributed by atoms with van der Waals surface area (Å²) < 4.78 is 38.8. The molecule has 1 aliphatic rings. The number of hydrogen-bond donors (Lipinski definition) is 4. The molecule has 0 bridgehead atoms. The maximum absolute atomic E-state index is 14.4. The zero-order chi connectivity index (χ0) is 42.2. The molecule has 1 aliphatic heterocycles. The normalized spacial score (nSPS) is 21.4. The third-order valence-electron chi connectivity index (χ3n) is 10.1. The van der Waals surface area contributed by atoms with E-state index in [-0.39, 0.29) is 29.3 Å². The number of hydrogen-bond acceptors (Lipinski definition) is 12. The van der Waals surface area contributed by atoms with Crippen LogP contribution in [0.25, 0.3) is 5.52 Å². The number of nitrogen functional groups attached to an aromatic ring is 1. The van der Waals surface area contributed by atoms with Gasteiger partial charge < -0.3 is 29.9 Å². The van der Waals surface area contributed by atoms with E-state index in [1.165, 1.54) is 49.5 Å². The van der Waals surface area contributed by atoms with Gasteiger partial charge in [0.05, 0.1) is 18.9 Å². The lowest BCUT2D eigenvalue weighted by atomic mass is 9.87. The maximum atomic E-state index is 14.4. The number of nitrogens with zero attached hydrogens (tertiary/aromatic N) is 4. The van der Waals surface area contributed by atoms with Gasteiger partial charge in [0.25, 0.3) is 0 Å². The molecule has 6 atom stereocenters. The first-order valence-electron chi connectivity index (χ1n) is 20.6. The van der Waals surface area contributed by atoms with Crippen LogP contribution >= 0.6 is 7.75 Å². The molecule has 1 fully saturated rings. The van der Waals surface area contributed by atoms with Crippen LogP contribution in [0.2, 0.25) is 0 Å². The summed E-state index contributed by atoms with van der Waals surface area (Å²) >= 11 is 0. The van der Waals surface area contributed by atoms with Crippen molar-refractivity contribution in [3.63, 3.8) is 0 Å². The molecule has 0 radical (unpaired) electrons. The molecule has 4 rings (SSSR count). The Morgan fingerprint density at radius 3 is 2.34 bits per heavy atom. The van der Waals surface area contributed by atoms with E-state index in [1.807, 2.05) is 18.2 Å². The molecular formula is C43H63N6O8P. The number of anilines is 1. The molecular weight excluding hydrogens is 759 g/mol. The molecule has 318 valence electrons. The van der Waals surface area contributed by atoms with Gasteiger partial charge in [-0.1, -0.05) is 103 Å². The van der Waals surface area contributed by atoms with E-state index in [4.69, 9.17) is 24.3 Å². The monoisotopic (exact) mass is 822 g/mol. The number of allylic oxidation sites excluding steroid dienone is 4. The van der Waals surface area contributed by atoms with Crippen LogP contribution in [0.1, 0.15) is 123 Å². The number of benzene rings is 1. The third kappa shape index (κ3) is 13.0. The van der Waals surface area contributed by atoms with Gasteiger partial charge in [0, 0.05) is 0 Å². The van der Waals surface area contributed by atoms with Crippen LogP contribution in [0, 0.1) is 11.3 Å². The second-order valence-electron chi connectivity index (χ2n) is 15.9. The zero-order valence-electron chi connectivity index (χ0n) is 34.7. The van der Waals surface area contributed by atoms with Gasteiger partial charge in [-0.25, -0.2) is 14.1 Å². The fourth-order valence-electron chi connectivity index (χ4n) is 6.64. The Morgan fingerprint density at radius 1 is 1.03 bits per heavy atom. The molecule has 3 aromatic rings. The van der Waals surface area contributed by atoms with Gasteiger partial charge >= 0.3 is 13.7 Å². The lowest BCUT2D eigenvalue weighted by molar-refractivity contribution is -0.145. The Bertz CT molecular complexity index is 1890. The summed E-state index contributed by atoms with van der Waals surface area (Å²) in [5.74, 6) is -0.311. The molecule has 1 aromatic carbocycles. The van der Waals surface area contributed by atoms with Gasteiger partial charge in [-0.05, 0) is 80.7 Å². The number of carbonyl (C=O) groups is 1. The number of ether oxygens (including phenoxy) is 2. The molecule has 1 unspecified atom stereocenters. The zero-order valence-corrected chi connectivity index (χ0v) is 35.6. The Morgan fingerprint density at radius 2 is 1.69 bits per heavy atom. The van der Waals surface area contributed by atoms with Crippen molar-refractivity contribution in [1.82, 2.24) is 19.7 Å². The first-order chi connectivity index (χ1) is 27.7. The van der Waals surface area contributed by atoms with Gasteiger partial charge in [0.2, 0.25) is 5.60 Å². The first-order valence-corrected chi connectivity index (χ1v) is 22.1. The topological polar surface area (TPSA) is 204 Å². The lowest BCUT2D eigenvalue weighted by Gasteiger charge is -2.26. The number of carbonyl (C=O) groups excluding carboxylic acids is 1. The van der Waals surface area contributed by atoms with Crippen molar-refractivity contribution in [2.24, 2.45) is 0 Å². The SMILES string of the molecule is CCCCC/C=C\C/C=C\CCCCCCCCOC(=O)[C@H](C)NP(=O)(OC[C@H]1O[C@@](C#N)(c2ccc3c(N)ncnn23)[C@H](O)[C@@H]1O)Oc1ccc(C(C)(C)C)cc1. The molecule has 0 aliphatic carbocycles. The molecule has 1 saturated heterocycles. The highest BCUT2D eigenvalue weighted by molar-refractivity contribution is 7.52. The number of nitriles is 1. The fraction of sp³-hybridized carbons (Fsp3) is 0.581. The number of aliphatic hydroxyl groups excluding tert-OH is 2. The molecule has 14 nitrogen and oxygen atoms in total. The summed E-state index contributed by atoms with van der Waals surface area (Å²) in [6.45, 7) is 9.50. The number of aliphatic hydroxyl groups is 2. The second kappa shape index (κ2) is 22.3. The van der Waals surface area contributed by atoms with E-state index >= 15 is 0 Å². The average Bonchev–Trinajstić information content (AvgIpc) is 3.74. The van der Waals surface area contributed by atoms with Gasteiger partial charge in [0.1, 0.15) is 48.0 Å². The van der Waals surface area contributed by atoms with Gasteiger partial charge in [-0.2, -0.15) is 15.4 Å². The van der Waals surface area contributed by atoms with E-state index in [0.717, 1.165) is 50.5 Å². The predicted octanol–water partition coefficient (Wildman–Crippen LogP) is 7.99. The van der Waals surface area contributed by atoms with Crippen molar-refractivity contribution < 1.29 is 38.1 Å². The van der Waals surface area contributed by atoms with Crippen molar-refractivity contribution in [1.29, 1.82) is 5.26 Å². The van der Waals surface area contributed by atoms with Gasteiger partial charge in [-0.15, -0.1) is 0 Å². The number of nitrogens with two attached hydrogens (primary N) is 1. The number of fused-ring (bicyclic) bond motifs is 1.